The number of benzene rings is 1. The van der Waals surface area contributed by atoms with Gasteiger partial charge in [0.1, 0.15) is 0 Å². The molecule has 1 aromatic carbocycles. The molecule has 3 rings (SSSR count). The minimum atomic E-state index is -3.97. The first-order valence-corrected chi connectivity index (χ1v) is 7.92. The number of primary sulfonamides is 1. The largest absolute Gasteiger partial charge is 0.263 e. The molecule has 0 atom stereocenters. The van der Waals surface area contributed by atoms with Gasteiger partial charge in [-0.15, -0.1) is 10.2 Å². The van der Waals surface area contributed by atoms with Crippen LogP contribution in [0.15, 0.2) is 47.6 Å². The molecule has 0 radical (unpaired) electrons. The Balaban J connectivity index is 2.21. The predicted molar refractivity (Wildman–Crippen MR) is 81.2 cm³/mol. The second kappa shape index (κ2) is 5.96. The lowest BCUT2D eigenvalue weighted by atomic mass is 10.1. The summed E-state index contributed by atoms with van der Waals surface area (Å²) in [6, 6.07) is 8.12. The molecule has 9 heteroatoms. The standard InChI is InChI=1S/C14H10N6O2S/c15-23(21,22)12-5-1-4-11(13(12)14-17-19-20-18-14)7-6-10-3-2-8-16-9-10/h1-5,8-9H,(H2,15,21,22)(H,17,18,19,20). The minimum Gasteiger partial charge on any atom is -0.263 e. The predicted octanol–water partition coefficient (Wildman–Crippen LogP) is 0.309. The number of rotatable bonds is 2. The van der Waals surface area contributed by atoms with Crippen molar-refractivity contribution in [2.45, 2.75) is 4.90 Å². The summed E-state index contributed by atoms with van der Waals surface area (Å²) in [5.41, 5.74) is 1.31. The molecule has 0 amide bonds. The maximum absolute atomic E-state index is 11.8. The lowest BCUT2D eigenvalue weighted by molar-refractivity contribution is 0.598. The molecule has 0 spiro atoms. The third kappa shape index (κ3) is 3.23. The summed E-state index contributed by atoms with van der Waals surface area (Å²) in [4.78, 5) is 3.85. The van der Waals surface area contributed by atoms with Crippen molar-refractivity contribution in [3.8, 4) is 23.2 Å². The van der Waals surface area contributed by atoms with Crippen LogP contribution in [0, 0.1) is 11.8 Å². The zero-order chi connectivity index (χ0) is 16.3. The highest BCUT2D eigenvalue weighted by Crippen LogP contribution is 2.26. The van der Waals surface area contributed by atoms with E-state index >= 15 is 0 Å². The molecule has 114 valence electrons. The molecule has 8 nitrogen and oxygen atoms in total. The molecule has 0 unspecified atom stereocenters. The Bertz CT molecular complexity index is 989. The number of tetrazole rings is 1. The summed E-state index contributed by atoms with van der Waals surface area (Å²) in [5, 5.41) is 18.7. The number of pyridine rings is 1. The van der Waals surface area contributed by atoms with Gasteiger partial charge < -0.3 is 0 Å². The van der Waals surface area contributed by atoms with Crippen molar-refractivity contribution in [3.05, 3.63) is 53.9 Å². The van der Waals surface area contributed by atoms with Crippen LogP contribution >= 0.6 is 0 Å². The van der Waals surface area contributed by atoms with E-state index in [9.17, 15) is 8.42 Å². The van der Waals surface area contributed by atoms with Crippen LogP contribution in [0.3, 0.4) is 0 Å². The van der Waals surface area contributed by atoms with Crippen molar-refractivity contribution < 1.29 is 8.42 Å². The van der Waals surface area contributed by atoms with Crippen LogP contribution < -0.4 is 5.14 Å². The minimum absolute atomic E-state index is 0.102. The Morgan fingerprint density at radius 2 is 2.00 bits per heavy atom. The van der Waals surface area contributed by atoms with Gasteiger partial charge in [0.05, 0.1) is 10.5 Å². The van der Waals surface area contributed by atoms with Crippen LogP contribution in [0.1, 0.15) is 11.1 Å². The molecule has 3 N–H and O–H groups in total. The molecule has 0 aliphatic heterocycles. The third-order valence-corrected chi connectivity index (χ3v) is 3.86. The Hall–Kier alpha value is -3.09. The maximum Gasteiger partial charge on any atom is 0.238 e. The fraction of sp³-hybridized carbons (Fsp3) is 0. The van der Waals surface area contributed by atoms with E-state index in [0.29, 0.717) is 11.1 Å². The SMILES string of the molecule is NS(=O)(=O)c1cccc(C#Cc2cccnc2)c1-c1nn[nH]n1. The highest BCUT2D eigenvalue weighted by Gasteiger charge is 2.20. The van der Waals surface area contributed by atoms with Crippen molar-refractivity contribution in [1.82, 2.24) is 25.6 Å². The number of hydrogen-bond donors (Lipinski definition) is 2. The van der Waals surface area contributed by atoms with E-state index in [0.717, 1.165) is 0 Å². The summed E-state index contributed by atoms with van der Waals surface area (Å²) in [6.07, 6.45) is 3.24. The molecular weight excluding hydrogens is 316 g/mol. The Labute approximate surface area is 131 Å². The van der Waals surface area contributed by atoms with E-state index in [1.165, 1.54) is 6.07 Å². The van der Waals surface area contributed by atoms with Crippen LogP contribution in [-0.2, 0) is 10.0 Å². The van der Waals surface area contributed by atoms with Crippen LogP contribution in [0.25, 0.3) is 11.4 Å². The third-order valence-electron chi connectivity index (χ3n) is 2.90. The molecule has 0 aliphatic rings. The fourth-order valence-corrected chi connectivity index (χ4v) is 2.70. The number of nitrogens with zero attached hydrogens (tertiary/aromatic N) is 4. The monoisotopic (exact) mass is 326 g/mol. The number of aromatic nitrogens is 5. The zero-order valence-corrected chi connectivity index (χ0v) is 12.4. The van der Waals surface area contributed by atoms with Gasteiger partial charge >= 0.3 is 0 Å². The topological polar surface area (TPSA) is 128 Å². The Morgan fingerprint density at radius 3 is 2.65 bits per heavy atom. The molecular formula is C14H10N6O2S. The number of nitrogens with one attached hydrogen (secondary N) is 1. The first kappa shape index (κ1) is 14.8. The molecule has 3 aromatic rings. The average Bonchev–Trinajstić information content (AvgIpc) is 3.07. The van der Waals surface area contributed by atoms with Gasteiger partial charge in [-0.2, -0.15) is 5.21 Å². The average molecular weight is 326 g/mol. The summed E-state index contributed by atoms with van der Waals surface area (Å²) in [5.74, 6) is 5.91. The van der Waals surface area contributed by atoms with Gasteiger partial charge in [-0.1, -0.05) is 17.9 Å². The zero-order valence-electron chi connectivity index (χ0n) is 11.6. The lowest BCUT2D eigenvalue weighted by Crippen LogP contribution is -2.14. The normalized spacial score (nSPS) is 10.8. The lowest BCUT2D eigenvalue weighted by Gasteiger charge is -2.06. The number of sulfonamides is 1. The van der Waals surface area contributed by atoms with E-state index in [-0.39, 0.29) is 16.3 Å². The van der Waals surface area contributed by atoms with Gasteiger partial charge in [0, 0.05) is 23.5 Å². The molecule has 0 bridgehead atoms. The second-order valence-corrected chi connectivity index (χ2v) is 5.98. The molecule has 0 fully saturated rings. The van der Waals surface area contributed by atoms with E-state index in [4.69, 9.17) is 5.14 Å². The van der Waals surface area contributed by atoms with Gasteiger partial charge in [0.15, 0.2) is 0 Å². The summed E-state index contributed by atoms with van der Waals surface area (Å²) in [6.45, 7) is 0. The smallest absolute Gasteiger partial charge is 0.238 e. The molecule has 0 saturated heterocycles. The summed E-state index contributed by atoms with van der Waals surface area (Å²) >= 11 is 0. The Kier molecular flexibility index (Phi) is 3.84. The quantitative estimate of drug-likeness (QED) is 0.652. The van der Waals surface area contributed by atoms with Crippen molar-refractivity contribution in [1.29, 1.82) is 0 Å². The Morgan fingerprint density at radius 1 is 1.13 bits per heavy atom. The van der Waals surface area contributed by atoms with Crippen LogP contribution in [-0.4, -0.2) is 34.0 Å². The van der Waals surface area contributed by atoms with E-state index in [2.05, 4.69) is 37.4 Å². The van der Waals surface area contributed by atoms with E-state index in [1.54, 1.807) is 36.7 Å². The fourth-order valence-electron chi connectivity index (χ4n) is 1.95. The van der Waals surface area contributed by atoms with Crippen LogP contribution in [0.2, 0.25) is 0 Å². The number of aromatic amines is 1. The van der Waals surface area contributed by atoms with Gasteiger partial charge in [0.2, 0.25) is 15.8 Å². The van der Waals surface area contributed by atoms with Crippen molar-refractivity contribution >= 4 is 10.0 Å². The van der Waals surface area contributed by atoms with Gasteiger partial charge in [-0.3, -0.25) is 4.98 Å². The van der Waals surface area contributed by atoms with Crippen LogP contribution in [0.5, 0.6) is 0 Å². The number of nitrogens with two attached hydrogens (primary N) is 1. The van der Waals surface area contributed by atoms with Gasteiger partial charge in [-0.25, -0.2) is 13.6 Å². The van der Waals surface area contributed by atoms with E-state index < -0.39 is 10.0 Å². The molecule has 2 aromatic heterocycles. The van der Waals surface area contributed by atoms with Gasteiger partial charge in [0.25, 0.3) is 0 Å². The maximum atomic E-state index is 11.8. The highest BCUT2D eigenvalue weighted by molar-refractivity contribution is 7.89. The van der Waals surface area contributed by atoms with Crippen LogP contribution in [0.4, 0.5) is 0 Å². The molecule has 0 saturated carbocycles. The first-order valence-electron chi connectivity index (χ1n) is 6.37. The van der Waals surface area contributed by atoms with Crippen molar-refractivity contribution in [2.75, 3.05) is 0 Å². The summed E-state index contributed by atoms with van der Waals surface area (Å²) < 4.78 is 23.6. The van der Waals surface area contributed by atoms with Gasteiger partial charge in [-0.05, 0) is 29.5 Å². The summed E-state index contributed by atoms with van der Waals surface area (Å²) in [7, 11) is -3.97. The van der Waals surface area contributed by atoms with E-state index in [1.807, 2.05) is 0 Å². The molecule has 0 aliphatic carbocycles. The highest BCUT2D eigenvalue weighted by atomic mass is 32.2. The second-order valence-electron chi connectivity index (χ2n) is 4.45. The number of H-pyrrole nitrogens is 1. The number of hydrogen-bond acceptors (Lipinski definition) is 6. The van der Waals surface area contributed by atoms with Crippen molar-refractivity contribution in [3.63, 3.8) is 0 Å². The first-order chi connectivity index (χ1) is 11.1. The molecule has 2 heterocycles. The van der Waals surface area contributed by atoms with Crippen molar-refractivity contribution in [2.24, 2.45) is 5.14 Å². The molecule has 23 heavy (non-hydrogen) atoms.